The fourth-order valence-electron chi connectivity index (χ4n) is 5.24. The van der Waals surface area contributed by atoms with Crippen molar-refractivity contribution >= 4 is 11.4 Å². The van der Waals surface area contributed by atoms with Gasteiger partial charge in [0.15, 0.2) is 0 Å². The quantitative estimate of drug-likeness (QED) is 0.565. The molecule has 150 valence electrons. The molecule has 2 aliphatic rings. The molecule has 1 aliphatic heterocycles. The number of hydrogen-bond donors (Lipinski definition) is 0. The van der Waals surface area contributed by atoms with E-state index in [4.69, 9.17) is 0 Å². The van der Waals surface area contributed by atoms with Crippen LogP contribution in [0.3, 0.4) is 0 Å². The van der Waals surface area contributed by atoms with Gasteiger partial charge in [0.2, 0.25) is 0 Å². The molecule has 29 heavy (non-hydrogen) atoms. The zero-order valence-electron chi connectivity index (χ0n) is 18.6. The molecule has 0 bridgehead atoms. The fraction of sp³-hybridized carbons (Fsp3) is 0.333. The summed E-state index contributed by atoms with van der Waals surface area (Å²) in [5.74, 6) is 0.536. The highest BCUT2D eigenvalue weighted by Crippen LogP contribution is 2.40. The number of aryl methyl sites for hydroxylation is 3. The Bertz CT molecular complexity index is 1000. The molecule has 0 N–H and O–H groups in total. The maximum Gasteiger partial charge on any atom is 0.0993 e. The summed E-state index contributed by atoms with van der Waals surface area (Å²) >= 11 is 0. The third-order valence-corrected chi connectivity index (χ3v) is 6.11. The number of allylic oxidation sites excluding steroid dienone is 4. The lowest BCUT2D eigenvalue weighted by Gasteiger charge is -2.32. The van der Waals surface area contributed by atoms with Gasteiger partial charge in [-0.3, -0.25) is 0 Å². The molecule has 0 aromatic heterocycles. The molecule has 4 rings (SSSR count). The van der Waals surface area contributed by atoms with Crippen LogP contribution in [-0.4, -0.2) is 11.6 Å². The lowest BCUT2D eigenvalue weighted by Crippen LogP contribution is -2.30. The van der Waals surface area contributed by atoms with Crippen molar-refractivity contribution in [1.82, 2.24) is 4.90 Å². The largest absolute Gasteiger partial charge is 0.331 e. The maximum absolute atomic E-state index is 2.50. The summed E-state index contributed by atoms with van der Waals surface area (Å²) in [4.78, 5) is 4.97. The molecule has 0 unspecified atom stereocenters. The summed E-state index contributed by atoms with van der Waals surface area (Å²) in [6.45, 7) is 14.4. The maximum atomic E-state index is 2.50. The van der Waals surface area contributed by atoms with Gasteiger partial charge in [0.1, 0.15) is 0 Å². The van der Waals surface area contributed by atoms with Crippen LogP contribution in [0.1, 0.15) is 49.4 Å². The summed E-state index contributed by atoms with van der Waals surface area (Å²) in [5, 5.41) is 0. The van der Waals surface area contributed by atoms with Crippen molar-refractivity contribution in [1.29, 1.82) is 0 Å². The third kappa shape index (κ3) is 3.64. The van der Waals surface area contributed by atoms with E-state index >= 15 is 0 Å². The van der Waals surface area contributed by atoms with Gasteiger partial charge in [-0.25, -0.2) is 0 Å². The Hall–Kier alpha value is -2.74. The zero-order chi connectivity index (χ0) is 20.7. The Morgan fingerprint density at radius 1 is 0.897 bits per heavy atom. The summed E-state index contributed by atoms with van der Waals surface area (Å²) in [6.07, 6.45) is 5.86. The lowest BCUT2D eigenvalue weighted by atomic mass is 9.89. The fourth-order valence-corrected chi connectivity index (χ4v) is 5.24. The molecule has 2 heteroatoms. The molecule has 0 radical (unpaired) electrons. The third-order valence-electron chi connectivity index (χ3n) is 6.11. The molecule has 0 saturated carbocycles. The molecule has 2 aromatic carbocycles. The Morgan fingerprint density at radius 2 is 1.55 bits per heavy atom. The Labute approximate surface area is 175 Å². The van der Waals surface area contributed by atoms with Crippen LogP contribution in [0, 0.1) is 26.7 Å². The van der Waals surface area contributed by atoms with E-state index < -0.39 is 0 Å². The summed E-state index contributed by atoms with van der Waals surface area (Å²) < 4.78 is 0. The number of nitrogens with zero attached hydrogens (tertiary/aromatic N) is 2. The van der Waals surface area contributed by atoms with Crippen LogP contribution >= 0.6 is 0 Å². The second kappa shape index (κ2) is 7.59. The second-order valence-corrected chi connectivity index (χ2v) is 8.83. The average molecular weight is 385 g/mol. The molecule has 2 nitrogen and oxygen atoms in total. The van der Waals surface area contributed by atoms with Crippen molar-refractivity contribution in [2.24, 2.45) is 5.92 Å². The molecule has 0 saturated heterocycles. The summed E-state index contributed by atoms with van der Waals surface area (Å²) in [6, 6.07) is 15.4. The molecule has 2 aromatic rings. The van der Waals surface area contributed by atoms with E-state index in [0.717, 1.165) is 13.1 Å². The minimum atomic E-state index is 0.536. The van der Waals surface area contributed by atoms with Gasteiger partial charge < -0.3 is 9.80 Å². The Balaban J connectivity index is 1.83. The molecular weight excluding hydrogens is 352 g/mol. The Morgan fingerprint density at radius 3 is 2.17 bits per heavy atom. The van der Waals surface area contributed by atoms with Gasteiger partial charge in [0.05, 0.1) is 12.4 Å². The highest BCUT2D eigenvalue weighted by atomic mass is 15.4. The number of benzene rings is 2. The van der Waals surface area contributed by atoms with Gasteiger partial charge in [0.25, 0.3) is 0 Å². The van der Waals surface area contributed by atoms with Crippen molar-refractivity contribution in [3.8, 4) is 0 Å². The first-order valence-corrected chi connectivity index (χ1v) is 10.6. The average Bonchev–Trinajstić information content (AvgIpc) is 3.05. The van der Waals surface area contributed by atoms with Crippen molar-refractivity contribution in [3.63, 3.8) is 0 Å². The molecule has 1 atom stereocenters. The number of anilines is 1. The Kier molecular flexibility index (Phi) is 5.12. The van der Waals surface area contributed by atoms with Gasteiger partial charge in [-0.05, 0) is 63.3 Å². The highest BCUT2D eigenvalue weighted by Gasteiger charge is 2.30. The van der Waals surface area contributed by atoms with Crippen molar-refractivity contribution in [3.05, 3.63) is 93.8 Å². The SMILES string of the molecule is CC1=CC(C)=C(N2C=C(c3ccccc3)N(c3c(C)cc(C)cc3C)C2)[C@@H](C)C1. The molecule has 1 heterocycles. The van der Waals surface area contributed by atoms with Gasteiger partial charge in [-0.2, -0.15) is 0 Å². The van der Waals surface area contributed by atoms with Gasteiger partial charge in [0, 0.05) is 23.5 Å². The van der Waals surface area contributed by atoms with Crippen LogP contribution in [0.15, 0.2) is 71.6 Å². The minimum Gasteiger partial charge on any atom is -0.331 e. The topological polar surface area (TPSA) is 6.48 Å². The van der Waals surface area contributed by atoms with E-state index in [1.54, 1.807) is 0 Å². The summed E-state index contributed by atoms with van der Waals surface area (Å²) in [5.41, 5.74) is 12.2. The van der Waals surface area contributed by atoms with Crippen molar-refractivity contribution in [2.45, 2.75) is 48.0 Å². The molecule has 0 spiro atoms. The first kappa shape index (κ1) is 19.6. The van der Waals surface area contributed by atoms with E-state index in [2.05, 4.69) is 106 Å². The zero-order valence-corrected chi connectivity index (χ0v) is 18.6. The minimum absolute atomic E-state index is 0.536. The van der Waals surface area contributed by atoms with Crippen LogP contribution < -0.4 is 4.90 Å². The van der Waals surface area contributed by atoms with Crippen LogP contribution in [0.4, 0.5) is 5.69 Å². The number of rotatable bonds is 3. The van der Waals surface area contributed by atoms with E-state index in [0.29, 0.717) is 5.92 Å². The predicted molar refractivity (Wildman–Crippen MR) is 124 cm³/mol. The molecule has 0 amide bonds. The summed E-state index contributed by atoms with van der Waals surface area (Å²) in [7, 11) is 0. The van der Waals surface area contributed by atoms with Crippen molar-refractivity contribution < 1.29 is 0 Å². The van der Waals surface area contributed by atoms with Crippen LogP contribution in [0.2, 0.25) is 0 Å². The monoisotopic (exact) mass is 384 g/mol. The smallest absolute Gasteiger partial charge is 0.0993 e. The second-order valence-electron chi connectivity index (χ2n) is 8.83. The first-order valence-electron chi connectivity index (χ1n) is 10.6. The van der Waals surface area contributed by atoms with Gasteiger partial charge >= 0.3 is 0 Å². The van der Waals surface area contributed by atoms with Crippen LogP contribution in [0.5, 0.6) is 0 Å². The normalized spacial score (nSPS) is 19.6. The van der Waals surface area contributed by atoms with E-state index in [9.17, 15) is 0 Å². The first-order chi connectivity index (χ1) is 13.8. The van der Waals surface area contributed by atoms with E-state index in [-0.39, 0.29) is 0 Å². The predicted octanol–water partition coefficient (Wildman–Crippen LogP) is 6.95. The number of hydrogen-bond acceptors (Lipinski definition) is 2. The lowest BCUT2D eigenvalue weighted by molar-refractivity contribution is 0.416. The van der Waals surface area contributed by atoms with E-state index in [1.165, 1.54) is 50.5 Å². The molecular formula is C27H32N2. The van der Waals surface area contributed by atoms with Crippen LogP contribution in [0.25, 0.3) is 5.70 Å². The highest BCUT2D eigenvalue weighted by molar-refractivity contribution is 5.84. The van der Waals surface area contributed by atoms with Gasteiger partial charge in [-0.1, -0.05) is 66.6 Å². The van der Waals surface area contributed by atoms with Crippen LogP contribution in [-0.2, 0) is 0 Å². The van der Waals surface area contributed by atoms with Crippen molar-refractivity contribution in [2.75, 3.05) is 11.6 Å². The van der Waals surface area contributed by atoms with E-state index in [1.807, 2.05) is 0 Å². The van der Waals surface area contributed by atoms with Gasteiger partial charge in [-0.15, -0.1) is 0 Å². The standard InChI is InChI=1S/C27H32N2/c1-18-12-20(3)26(21(4)13-18)28-16-25(24-10-8-7-9-11-24)29(17-28)27-22(5)14-19(2)15-23(27)6/h7-12,14-16,21H,13,17H2,1-6H3/t21-/m0/s1. The molecule has 1 aliphatic carbocycles. The molecule has 0 fully saturated rings.